The van der Waals surface area contributed by atoms with Crippen molar-refractivity contribution < 1.29 is 24.2 Å². The number of aromatic nitrogens is 2. The van der Waals surface area contributed by atoms with Crippen LogP contribution in [-0.2, 0) is 9.53 Å². The first-order valence-corrected chi connectivity index (χ1v) is 9.90. The summed E-state index contributed by atoms with van der Waals surface area (Å²) in [5, 5.41) is 13.8. The molecule has 2 aliphatic rings. The Labute approximate surface area is 169 Å². The van der Waals surface area contributed by atoms with E-state index in [1.54, 1.807) is 29.0 Å². The fraction of sp³-hybridized carbons (Fsp3) is 0.476. The number of carbonyl (C=O) groups is 2. The van der Waals surface area contributed by atoms with Crippen LogP contribution in [0.3, 0.4) is 0 Å². The number of nitrogens with zero attached hydrogens (tertiary/aromatic N) is 3. The summed E-state index contributed by atoms with van der Waals surface area (Å²) < 4.78 is 12.5. The molecular formula is C21H25N3O5. The number of carboxylic acids is 1. The maximum atomic E-state index is 12.9. The SMILES string of the molecule is COc1ccc(-n2ccc(C(=O)N3CCC([C@@H]4OCCC4C(=O)O)CC3)n2)cc1. The van der Waals surface area contributed by atoms with Crippen LogP contribution in [0, 0.1) is 11.8 Å². The molecule has 0 radical (unpaired) electrons. The lowest BCUT2D eigenvalue weighted by Gasteiger charge is -2.35. The van der Waals surface area contributed by atoms with Crippen molar-refractivity contribution in [3.8, 4) is 11.4 Å². The molecule has 1 amide bonds. The maximum Gasteiger partial charge on any atom is 0.309 e. The standard InChI is InChI=1S/C21H25N3O5/c1-28-16-4-2-15(3-5-16)24-12-8-18(22-24)20(25)23-10-6-14(7-11-23)19-17(21(26)27)9-13-29-19/h2-5,8,12,14,17,19H,6-7,9-11,13H2,1H3,(H,26,27)/t17?,19-/m0/s1. The number of methoxy groups -OCH3 is 1. The normalized spacial score (nSPS) is 22.6. The lowest BCUT2D eigenvalue weighted by atomic mass is 9.84. The zero-order chi connectivity index (χ0) is 20.4. The first-order chi connectivity index (χ1) is 14.1. The summed E-state index contributed by atoms with van der Waals surface area (Å²) in [5.74, 6) is -0.369. The summed E-state index contributed by atoms with van der Waals surface area (Å²) in [6.07, 6.45) is 3.60. The molecule has 8 heteroatoms. The molecule has 2 aromatic rings. The topological polar surface area (TPSA) is 93.9 Å². The summed E-state index contributed by atoms with van der Waals surface area (Å²) in [6, 6.07) is 9.18. The van der Waals surface area contributed by atoms with Crippen molar-refractivity contribution >= 4 is 11.9 Å². The highest BCUT2D eigenvalue weighted by molar-refractivity contribution is 5.92. The van der Waals surface area contributed by atoms with E-state index < -0.39 is 11.9 Å². The Kier molecular flexibility index (Phi) is 5.53. The number of benzene rings is 1. The van der Waals surface area contributed by atoms with Gasteiger partial charge in [-0.25, -0.2) is 4.68 Å². The number of hydrogen-bond donors (Lipinski definition) is 1. The Morgan fingerprint density at radius 1 is 1.14 bits per heavy atom. The molecule has 1 aromatic heterocycles. The van der Waals surface area contributed by atoms with Gasteiger partial charge in [0.2, 0.25) is 0 Å². The fourth-order valence-electron chi connectivity index (χ4n) is 4.25. The number of ether oxygens (including phenoxy) is 2. The number of hydrogen-bond acceptors (Lipinski definition) is 5. The second-order valence-electron chi connectivity index (χ2n) is 7.54. The Balaban J connectivity index is 1.37. The van der Waals surface area contributed by atoms with Crippen LogP contribution in [0.2, 0.25) is 0 Å². The minimum Gasteiger partial charge on any atom is -0.497 e. The van der Waals surface area contributed by atoms with Crippen LogP contribution in [0.25, 0.3) is 5.69 Å². The molecule has 3 heterocycles. The first-order valence-electron chi connectivity index (χ1n) is 9.90. The largest absolute Gasteiger partial charge is 0.497 e. The van der Waals surface area contributed by atoms with Crippen molar-refractivity contribution in [3.05, 3.63) is 42.2 Å². The number of piperidine rings is 1. The number of carboxylic acid groups (broad SMARTS) is 1. The monoisotopic (exact) mass is 399 g/mol. The van der Waals surface area contributed by atoms with Gasteiger partial charge in [0, 0.05) is 25.9 Å². The van der Waals surface area contributed by atoms with Crippen LogP contribution in [0.15, 0.2) is 36.5 Å². The van der Waals surface area contributed by atoms with Gasteiger partial charge in [-0.1, -0.05) is 0 Å². The van der Waals surface area contributed by atoms with Crippen LogP contribution >= 0.6 is 0 Å². The summed E-state index contributed by atoms with van der Waals surface area (Å²) >= 11 is 0. The lowest BCUT2D eigenvalue weighted by molar-refractivity contribution is -0.145. The smallest absolute Gasteiger partial charge is 0.309 e. The van der Waals surface area contributed by atoms with Crippen LogP contribution < -0.4 is 4.74 Å². The van der Waals surface area contributed by atoms with Gasteiger partial charge < -0.3 is 19.5 Å². The summed E-state index contributed by atoms with van der Waals surface area (Å²) in [4.78, 5) is 26.0. The molecule has 4 rings (SSSR count). The summed E-state index contributed by atoms with van der Waals surface area (Å²) in [5.41, 5.74) is 1.25. The maximum absolute atomic E-state index is 12.9. The highest BCUT2D eigenvalue weighted by Crippen LogP contribution is 2.33. The number of likely N-dealkylation sites (tertiary alicyclic amines) is 1. The second-order valence-corrected chi connectivity index (χ2v) is 7.54. The van der Waals surface area contributed by atoms with Crippen molar-refractivity contribution in [2.75, 3.05) is 26.8 Å². The quantitative estimate of drug-likeness (QED) is 0.829. The molecule has 2 saturated heterocycles. The predicted octanol–water partition coefficient (Wildman–Crippen LogP) is 2.22. The number of amides is 1. The molecule has 2 atom stereocenters. The molecule has 1 unspecified atom stereocenters. The summed E-state index contributed by atoms with van der Waals surface area (Å²) in [6.45, 7) is 1.68. The van der Waals surface area contributed by atoms with Gasteiger partial charge in [0.25, 0.3) is 5.91 Å². The molecule has 0 spiro atoms. The van der Waals surface area contributed by atoms with Gasteiger partial charge in [-0.3, -0.25) is 9.59 Å². The second kappa shape index (κ2) is 8.24. The van der Waals surface area contributed by atoms with E-state index in [1.807, 2.05) is 24.3 Å². The molecule has 29 heavy (non-hydrogen) atoms. The zero-order valence-corrected chi connectivity index (χ0v) is 16.4. The Bertz CT molecular complexity index is 871. The van der Waals surface area contributed by atoms with Crippen molar-refractivity contribution in [3.63, 3.8) is 0 Å². The van der Waals surface area contributed by atoms with E-state index in [2.05, 4.69) is 5.10 Å². The number of carbonyl (C=O) groups excluding carboxylic acids is 1. The van der Waals surface area contributed by atoms with Gasteiger partial charge >= 0.3 is 5.97 Å². The Hall–Kier alpha value is -2.87. The third kappa shape index (κ3) is 3.98. The molecule has 154 valence electrons. The molecule has 2 aliphatic heterocycles. The first kappa shape index (κ1) is 19.4. The van der Waals surface area contributed by atoms with Crippen LogP contribution in [0.4, 0.5) is 0 Å². The van der Waals surface area contributed by atoms with E-state index in [0.717, 1.165) is 24.3 Å². The van der Waals surface area contributed by atoms with Crippen LogP contribution in [0.1, 0.15) is 29.8 Å². The highest BCUT2D eigenvalue weighted by Gasteiger charge is 2.41. The van der Waals surface area contributed by atoms with E-state index in [-0.39, 0.29) is 17.9 Å². The van der Waals surface area contributed by atoms with E-state index in [9.17, 15) is 14.7 Å². The van der Waals surface area contributed by atoms with Gasteiger partial charge in [0.1, 0.15) is 5.75 Å². The van der Waals surface area contributed by atoms with Gasteiger partial charge in [0.05, 0.1) is 24.8 Å². The molecule has 1 aromatic carbocycles. The molecule has 1 N–H and O–H groups in total. The van der Waals surface area contributed by atoms with Crippen LogP contribution in [0.5, 0.6) is 5.75 Å². The minimum absolute atomic E-state index is 0.0992. The molecule has 0 aliphatic carbocycles. The lowest BCUT2D eigenvalue weighted by Crippen LogP contribution is -2.43. The van der Waals surface area contributed by atoms with Gasteiger partial charge in [0.15, 0.2) is 5.69 Å². The summed E-state index contributed by atoms with van der Waals surface area (Å²) in [7, 11) is 1.61. The van der Waals surface area contributed by atoms with Crippen molar-refractivity contribution in [1.82, 2.24) is 14.7 Å². The number of rotatable bonds is 5. The van der Waals surface area contributed by atoms with Gasteiger partial charge in [-0.05, 0) is 55.5 Å². The molecule has 0 bridgehead atoms. The average molecular weight is 399 g/mol. The Morgan fingerprint density at radius 3 is 2.52 bits per heavy atom. The molecule has 2 fully saturated rings. The third-order valence-corrected chi connectivity index (χ3v) is 5.89. The van der Waals surface area contributed by atoms with Crippen molar-refractivity contribution in [2.24, 2.45) is 11.8 Å². The van der Waals surface area contributed by atoms with Gasteiger partial charge in [-0.2, -0.15) is 5.10 Å². The molecule has 0 saturated carbocycles. The van der Waals surface area contributed by atoms with Crippen molar-refractivity contribution in [1.29, 1.82) is 0 Å². The number of aliphatic carboxylic acids is 1. The zero-order valence-electron chi connectivity index (χ0n) is 16.4. The fourth-order valence-corrected chi connectivity index (χ4v) is 4.25. The van der Waals surface area contributed by atoms with Gasteiger partial charge in [-0.15, -0.1) is 0 Å². The molecular weight excluding hydrogens is 374 g/mol. The molecule has 8 nitrogen and oxygen atoms in total. The average Bonchev–Trinajstić information content (AvgIpc) is 3.43. The van der Waals surface area contributed by atoms with Crippen molar-refractivity contribution in [2.45, 2.75) is 25.4 Å². The predicted molar refractivity (Wildman–Crippen MR) is 104 cm³/mol. The highest BCUT2D eigenvalue weighted by atomic mass is 16.5. The van der Waals surface area contributed by atoms with E-state index in [1.165, 1.54) is 0 Å². The van der Waals surface area contributed by atoms with Crippen LogP contribution in [-0.4, -0.2) is 64.6 Å². The van der Waals surface area contributed by atoms with E-state index in [0.29, 0.717) is 31.8 Å². The van der Waals surface area contributed by atoms with E-state index >= 15 is 0 Å². The Morgan fingerprint density at radius 2 is 1.86 bits per heavy atom. The van der Waals surface area contributed by atoms with E-state index in [4.69, 9.17) is 9.47 Å². The minimum atomic E-state index is -0.782. The third-order valence-electron chi connectivity index (χ3n) is 5.89.